The number of rotatable bonds is 14. The van der Waals surface area contributed by atoms with E-state index in [1.165, 1.54) is 72.0 Å². The van der Waals surface area contributed by atoms with E-state index >= 15 is 0 Å². The number of likely N-dealkylation sites (N-methyl/N-ethyl adjacent to an activating group) is 1. The lowest BCUT2D eigenvalue weighted by atomic mass is 10.1. The highest BCUT2D eigenvalue weighted by Gasteiger charge is 2.29. The minimum absolute atomic E-state index is 0. The Morgan fingerprint density at radius 1 is 0.800 bits per heavy atom. The number of benzene rings is 3. The number of hydrogen-bond acceptors (Lipinski definition) is 7. The molecule has 2 heterocycles. The van der Waals surface area contributed by atoms with Crippen molar-refractivity contribution < 1.29 is 48.4 Å². The quantitative estimate of drug-likeness (QED) is 0.108. The maximum atomic E-state index is 10.8. The van der Waals surface area contributed by atoms with Crippen molar-refractivity contribution in [1.82, 2.24) is 0 Å². The molecule has 2 aliphatic heterocycles. The molecule has 8 nitrogen and oxygen atoms in total. The lowest BCUT2D eigenvalue weighted by molar-refractivity contribution is -0.384. The molecule has 0 spiro atoms. The number of halogens is 2. The highest BCUT2D eigenvalue weighted by molar-refractivity contribution is 7.96. The van der Waals surface area contributed by atoms with Gasteiger partial charge in [-0.25, -0.2) is 0 Å². The first-order valence-corrected chi connectivity index (χ1v) is 18.6. The normalized spacial score (nSPS) is 15.1. The Kier molecular flexibility index (Phi) is 15.5. The molecule has 0 amide bonds. The van der Waals surface area contributed by atoms with E-state index in [0.717, 1.165) is 47.5 Å². The van der Waals surface area contributed by atoms with Gasteiger partial charge in [0.2, 0.25) is 0 Å². The van der Waals surface area contributed by atoms with Crippen molar-refractivity contribution in [3.05, 3.63) is 81.9 Å². The zero-order chi connectivity index (χ0) is 30.0. The third kappa shape index (κ3) is 10.6. The molecule has 3 aromatic rings. The van der Waals surface area contributed by atoms with Crippen molar-refractivity contribution in [2.45, 2.75) is 44.1 Å². The Labute approximate surface area is 293 Å². The molecular formula is C33H42Br2N4O4S2. The molecule has 2 aliphatic rings. The number of azo groups is 1. The van der Waals surface area contributed by atoms with E-state index in [0.29, 0.717) is 34.1 Å². The van der Waals surface area contributed by atoms with Crippen LogP contribution in [0.4, 0.5) is 22.7 Å². The molecule has 2 fully saturated rings. The van der Waals surface area contributed by atoms with Gasteiger partial charge in [-0.3, -0.25) is 10.1 Å². The Morgan fingerprint density at radius 3 is 1.78 bits per heavy atom. The monoisotopic (exact) mass is 780 g/mol. The first kappa shape index (κ1) is 37.2. The first-order valence-electron chi connectivity index (χ1n) is 15.1. The Hall–Kier alpha value is -2.28. The molecule has 2 saturated heterocycles. The van der Waals surface area contributed by atoms with E-state index < -0.39 is 4.92 Å². The van der Waals surface area contributed by atoms with Gasteiger partial charge in [0.1, 0.15) is 52.6 Å². The average molecular weight is 783 g/mol. The van der Waals surface area contributed by atoms with Crippen molar-refractivity contribution in [3.63, 3.8) is 0 Å². The lowest BCUT2D eigenvalue weighted by Crippen LogP contribution is -3.00. The Balaban J connectivity index is 0.00000276. The van der Waals surface area contributed by atoms with Crippen LogP contribution in [-0.4, -0.2) is 54.7 Å². The fourth-order valence-electron chi connectivity index (χ4n) is 5.57. The number of hydrogen-bond donors (Lipinski definition) is 0. The van der Waals surface area contributed by atoms with Crippen LogP contribution >= 0.6 is 0 Å². The van der Waals surface area contributed by atoms with E-state index in [-0.39, 0.29) is 39.7 Å². The molecule has 5 rings (SSSR count). The molecule has 0 N–H and O–H groups in total. The molecule has 0 aromatic heterocycles. The standard InChI is InChI=1S/C33H42N4O4S2.2BrH/c1-3-36(30-12-8-28(9-13-30)34-35-29-10-14-31(15-11-29)37(38)39)16-17-41-33-23-26(24-42-18-4-5-19-42)32(40-2)22-27(33)25-43-20-6-7-21-43;;/h8-15,22-23H,3-7,16-21,24-25H2,1-2H3;2*1H/q+2;;/p-2. The van der Waals surface area contributed by atoms with Crippen molar-refractivity contribution in [2.24, 2.45) is 10.2 Å². The number of nitro groups is 1. The van der Waals surface area contributed by atoms with Crippen molar-refractivity contribution in [2.75, 3.05) is 54.7 Å². The Morgan fingerprint density at radius 2 is 1.29 bits per heavy atom. The summed E-state index contributed by atoms with van der Waals surface area (Å²) in [5.41, 5.74) is 5.03. The maximum absolute atomic E-state index is 10.8. The second-order valence-electron chi connectivity index (χ2n) is 10.9. The molecule has 45 heavy (non-hydrogen) atoms. The number of ether oxygens (including phenoxy) is 2. The highest BCUT2D eigenvalue weighted by Crippen LogP contribution is 2.35. The van der Waals surface area contributed by atoms with Crippen LogP contribution in [0.15, 0.2) is 70.9 Å². The summed E-state index contributed by atoms with van der Waals surface area (Å²) in [5, 5.41) is 19.4. The largest absolute Gasteiger partial charge is 1.00 e. The molecule has 0 atom stereocenters. The molecule has 0 radical (unpaired) electrons. The minimum atomic E-state index is -0.425. The van der Waals surface area contributed by atoms with Gasteiger partial charge < -0.3 is 48.3 Å². The van der Waals surface area contributed by atoms with Crippen LogP contribution < -0.4 is 48.3 Å². The number of nitrogens with zero attached hydrogens (tertiary/aromatic N) is 4. The summed E-state index contributed by atoms with van der Waals surface area (Å²) >= 11 is 0. The average Bonchev–Trinajstić information content (AvgIpc) is 3.75. The zero-order valence-electron chi connectivity index (χ0n) is 26.0. The van der Waals surface area contributed by atoms with E-state index in [4.69, 9.17) is 9.47 Å². The third-order valence-electron chi connectivity index (χ3n) is 7.97. The van der Waals surface area contributed by atoms with E-state index in [2.05, 4.69) is 34.2 Å². The van der Waals surface area contributed by atoms with Gasteiger partial charge in [-0.2, -0.15) is 10.2 Å². The first-order chi connectivity index (χ1) is 21.0. The summed E-state index contributed by atoms with van der Waals surface area (Å²) in [5.74, 6) is 9.60. The van der Waals surface area contributed by atoms with Gasteiger partial charge in [-0.05, 0) is 103 Å². The van der Waals surface area contributed by atoms with E-state index in [1.54, 1.807) is 19.2 Å². The van der Waals surface area contributed by atoms with Crippen molar-refractivity contribution in [1.29, 1.82) is 0 Å². The van der Waals surface area contributed by atoms with Gasteiger partial charge >= 0.3 is 0 Å². The lowest BCUT2D eigenvalue weighted by Gasteiger charge is -2.24. The van der Waals surface area contributed by atoms with Gasteiger partial charge in [-0.1, -0.05) is 0 Å². The van der Waals surface area contributed by atoms with E-state index in [1.807, 2.05) is 24.3 Å². The molecule has 0 bridgehead atoms. The molecule has 0 unspecified atom stereocenters. The van der Waals surface area contributed by atoms with Crippen LogP contribution in [0.2, 0.25) is 0 Å². The SMILES string of the molecule is CCN(CCOc1cc(C[S+]2CCCC2)c(OC)cc1C[S+]1CCCC1)c1ccc(N=Nc2ccc([N+](=O)[O-])cc2)cc1.[Br-].[Br-]. The highest BCUT2D eigenvalue weighted by atomic mass is 79.9. The van der Waals surface area contributed by atoms with Crippen molar-refractivity contribution >= 4 is 44.5 Å². The molecule has 0 aliphatic carbocycles. The number of anilines is 1. The van der Waals surface area contributed by atoms with Crippen LogP contribution in [0, 0.1) is 10.1 Å². The van der Waals surface area contributed by atoms with Crippen LogP contribution in [0.1, 0.15) is 43.7 Å². The summed E-state index contributed by atoms with van der Waals surface area (Å²) in [6.07, 6.45) is 5.40. The van der Waals surface area contributed by atoms with Gasteiger partial charge in [0.25, 0.3) is 5.69 Å². The van der Waals surface area contributed by atoms with Crippen LogP contribution in [0.25, 0.3) is 0 Å². The zero-order valence-corrected chi connectivity index (χ0v) is 30.8. The number of nitro benzene ring substituents is 1. The predicted molar refractivity (Wildman–Crippen MR) is 180 cm³/mol. The van der Waals surface area contributed by atoms with Gasteiger partial charge in [0.05, 0.1) is 30.0 Å². The summed E-state index contributed by atoms with van der Waals surface area (Å²) in [6, 6.07) is 18.6. The van der Waals surface area contributed by atoms with Crippen LogP contribution in [-0.2, 0) is 33.3 Å². The number of methoxy groups -OCH3 is 1. The van der Waals surface area contributed by atoms with Gasteiger partial charge in [-0.15, -0.1) is 0 Å². The molecule has 12 heteroatoms. The van der Waals surface area contributed by atoms with E-state index in [9.17, 15) is 10.1 Å². The van der Waals surface area contributed by atoms with Gasteiger partial charge in [0.15, 0.2) is 0 Å². The summed E-state index contributed by atoms with van der Waals surface area (Å²) in [6.45, 7) is 4.40. The second-order valence-corrected chi connectivity index (χ2v) is 15.6. The maximum Gasteiger partial charge on any atom is 0.269 e. The molecule has 0 saturated carbocycles. The molecule has 244 valence electrons. The molecule has 3 aromatic carbocycles. The van der Waals surface area contributed by atoms with Gasteiger partial charge in [0, 0.05) is 35.5 Å². The van der Waals surface area contributed by atoms with Crippen LogP contribution in [0.3, 0.4) is 0 Å². The second kappa shape index (κ2) is 18.8. The Bertz CT molecular complexity index is 1380. The van der Waals surface area contributed by atoms with Crippen LogP contribution in [0.5, 0.6) is 11.5 Å². The fourth-order valence-corrected chi connectivity index (χ4v) is 10.3. The smallest absolute Gasteiger partial charge is 0.269 e. The molecular weight excluding hydrogens is 740 g/mol. The number of non-ortho nitro benzene ring substituents is 1. The minimum Gasteiger partial charge on any atom is -1.00 e. The topological polar surface area (TPSA) is 89.6 Å². The fraction of sp³-hybridized carbons (Fsp3) is 0.455. The summed E-state index contributed by atoms with van der Waals surface area (Å²) in [7, 11) is 2.70. The summed E-state index contributed by atoms with van der Waals surface area (Å²) < 4.78 is 12.5. The van der Waals surface area contributed by atoms with Crippen molar-refractivity contribution in [3.8, 4) is 11.5 Å². The summed E-state index contributed by atoms with van der Waals surface area (Å²) in [4.78, 5) is 12.7. The predicted octanol–water partition coefficient (Wildman–Crippen LogP) is 1.76. The third-order valence-corrected chi connectivity index (χ3v) is 12.9.